The quantitative estimate of drug-likeness (QED) is 0.448. The Labute approximate surface area is 163 Å². The molecule has 9 nitrogen and oxygen atoms in total. The number of carbonyl (C=O) groups excluding carboxylic acids is 3. The first-order valence-corrected chi connectivity index (χ1v) is 9.01. The molecule has 144 valence electrons. The number of hydrogen-bond acceptors (Lipinski definition) is 7. The minimum atomic E-state index is -0.518. The van der Waals surface area contributed by atoms with Gasteiger partial charge in [-0.3, -0.25) is 29.4 Å². The lowest BCUT2D eigenvalue weighted by molar-refractivity contribution is -0.384. The Kier molecular flexibility index (Phi) is 5.59. The van der Waals surface area contributed by atoms with E-state index in [0.717, 1.165) is 16.7 Å². The fourth-order valence-electron chi connectivity index (χ4n) is 2.46. The zero-order valence-corrected chi connectivity index (χ0v) is 15.5. The molecular formula is C18H15N3O6S. The third-order valence-corrected chi connectivity index (χ3v) is 4.77. The van der Waals surface area contributed by atoms with Gasteiger partial charge in [-0.05, 0) is 54.6 Å². The summed E-state index contributed by atoms with van der Waals surface area (Å²) in [5.41, 5.74) is 0.505. The van der Waals surface area contributed by atoms with E-state index in [0.29, 0.717) is 11.3 Å². The third kappa shape index (κ3) is 4.29. The van der Waals surface area contributed by atoms with Crippen molar-refractivity contribution in [1.82, 2.24) is 10.2 Å². The summed E-state index contributed by atoms with van der Waals surface area (Å²) in [5, 5.41) is 12.8. The number of carbonyl (C=O) groups is 3. The van der Waals surface area contributed by atoms with E-state index in [1.807, 2.05) is 0 Å². The van der Waals surface area contributed by atoms with Gasteiger partial charge in [-0.25, -0.2) is 0 Å². The first kappa shape index (κ1) is 19.4. The number of nitro benzene ring substituents is 1. The van der Waals surface area contributed by atoms with Crippen LogP contribution in [-0.4, -0.2) is 40.0 Å². The predicted octanol–water partition coefficient (Wildman–Crippen LogP) is 2.96. The van der Waals surface area contributed by atoms with Crippen molar-refractivity contribution in [2.45, 2.75) is 6.92 Å². The van der Waals surface area contributed by atoms with Crippen LogP contribution in [0, 0.1) is 17.0 Å². The molecule has 3 amide bonds. The molecule has 1 aliphatic rings. The van der Waals surface area contributed by atoms with Crippen LogP contribution in [0.15, 0.2) is 45.7 Å². The Morgan fingerprint density at radius 2 is 1.96 bits per heavy atom. The molecule has 1 N–H and O–H groups in total. The van der Waals surface area contributed by atoms with Gasteiger partial charge in [0, 0.05) is 25.2 Å². The maximum Gasteiger partial charge on any atom is 0.293 e. The summed E-state index contributed by atoms with van der Waals surface area (Å²) < 4.78 is 5.20. The molecule has 0 spiro atoms. The third-order valence-electron chi connectivity index (χ3n) is 3.86. The zero-order chi connectivity index (χ0) is 20.3. The van der Waals surface area contributed by atoms with Crippen LogP contribution in [0.1, 0.15) is 21.9 Å². The molecule has 2 heterocycles. The molecule has 1 fully saturated rings. The molecule has 1 aromatic carbocycles. The predicted molar refractivity (Wildman–Crippen MR) is 102 cm³/mol. The maximum atomic E-state index is 12.4. The number of thioether (sulfide) groups is 1. The van der Waals surface area contributed by atoms with Gasteiger partial charge in [-0.1, -0.05) is 0 Å². The fourth-order valence-corrected chi connectivity index (χ4v) is 3.33. The molecule has 0 bridgehead atoms. The van der Waals surface area contributed by atoms with Gasteiger partial charge in [0.1, 0.15) is 5.76 Å². The number of furan rings is 1. The SMILES string of the molecule is Cc1ccc(C(=O)NCCN2C(=O)S/C(=C\c3ccc([N+](=O)[O-])cc3)C2=O)o1. The van der Waals surface area contributed by atoms with Crippen molar-refractivity contribution >= 4 is 40.6 Å². The van der Waals surface area contributed by atoms with Gasteiger partial charge in [-0.2, -0.15) is 0 Å². The number of nitrogens with zero attached hydrogens (tertiary/aromatic N) is 2. The van der Waals surface area contributed by atoms with Crippen LogP contribution in [0.5, 0.6) is 0 Å². The maximum absolute atomic E-state index is 12.4. The Morgan fingerprint density at radius 1 is 1.25 bits per heavy atom. The molecular weight excluding hydrogens is 386 g/mol. The summed E-state index contributed by atoms with van der Waals surface area (Å²) in [6.07, 6.45) is 1.50. The minimum absolute atomic E-state index is 0.0215. The Morgan fingerprint density at radius 3 is 2.57 bits per heavy atom. The van der Waals surface area contributed by atoms with E-state index < -0.39 is 22.0 Å². The van der Waals surface area contributed by atoms with Crippen LogP contribution in [-0.2, 0) is 4.79 Å². The van der Waals surface area contributed by atoms with E-state index in [-0.39, 0.29) is 29.4 Å². The van der Waals surface area contributed by atoms with Crippen molar-refractivity contribution in [3.63, 3.8) is 0 Å². The van der Waals surface area contributed by atoms with Crippen molar-refractivity contribution in [2.75, 3.05) is 13.1 Å². The molecule has 1 aliphatic heterocycles. The number of benzene rings is 1. The molecule has 3 rings (SSSR count). The normalized spacial score (nSPS) is 15.3. The average Bonchev–Trinajstić information content (AvgIpc) is 3.20. The minimum Gasteiger partial charge on any atom is -0.456 e. The number of nitrogens with one attached hydrogen (secondary N) is 1. The zero-order valence-electron chi connectivity index (χ0n) is 14.7. The molecule has 28 heavy (non-hydrogen) atoms. The summed E-state index contributed by atoms with van der Waals surface area (Å²) in [6.45, 7) is 1.82. The van der Waals surface area contributed by atoms with Gasteiger partial charge in [0.05, 0.1) is 9.83 Å². The monoisotopic (exact) mass is 401 g/mol. The second-order valence-corrected chi connectivity index (χ2v) is 6.84. The summed E-state index contributed by atoms with van der Waals surface area (Å²) >= 11 is 0.779. The van der Waals surface area contributed by atoms with Gasteiger partial charge in [-0.15, -0.1) is 0 Å². The molecule has 0 unspecified atom stereocenters. The fraction of sp³-hybridized carbons (Fsp3) is 0.167. The summed E-state index contributed by atoms with van der Waals surface area (Å²) in [5.74, 6) is -0.143. The smallest absolute Gasteiger partial charge is 0.293 e. The van der Waals surface area contributed by atoms with Gasteiger partial charge in [0.15, 0.2) is 5.76 Å². The number of imide groups is 1. The highest BCUT2D eigenvalue weighted by Gasteiger charge is 2.34. The Hall–Kier alpha value is -3.40. The van der Waals surface area contributed by atoms with Gasteiger partial charge >= 0.3 is 0 Å². The number of aryl methyl sites for hydroxylation is 1. The molecule has 1 aromatic heterocycles. The van der Waals surface area contributed by atoms with E-state index in [4.69, 9.17) is 4.42 Å². The van der Waals surface area contributed by atoms with Crippen LogP contribution >= 0.6 is 11.8 Å². The highest BCUT2D eigenvalue weighted by molar-refractivity contribution is 8.18. The van der Waals surface area contributed by atoms with E-state index in [9.17, 15) is 24.5 Å². The van der Waals surface area contributed by atoms with Gasteiger partial charge in [0.25, 0.3) is 22.7 Å². The molecule has 0 atom stereocenters. The lowest BCUT2D eigenvalue weighted by Gasteiger charge is -2.12. The second-order valence-electron chi connectivity index (χ2n) is 5.85. The van der Waals surface area contributed by atoms with Crippen molar-refractivity contribution in [3.8, 4) is 0 Å². The molecule has 2 aromatic rings. The highest BCUT2D eigenvalue weighted by atomic mass is 32.2. The van der Waals surface area contributed by atoms with Crippen molar-refractivity contribution in [3.05, 3.63) is 68.5 Å². The van der Waals surface area contributed by atoms with Crippen molar-refractivity contribution in [2.24, 2.45) is 0 Å². The number of amides is 3. The lowest BCUT2D eigenvalue weighted by atomic mass is 10.2. The first-order chi connectivity index (χ1) is 13.3. The van der Waals surface area contributed by atoms with E-state index in [1.54, 1.807) is 13.0 Å². The number of rotatable bonds is 6. The van der Waals surface area contributed by atoms with Crippen LogP contribution in [0.3, 0.4) is 0 Å². The lowest BCUT2D eigenvalue weighted by Crippen LogP contribution is -2.37. The van der Waals surface area contributed by atoms with Crippen LogP contribution in [0.25, 0.3) is 6.08 Å². The largest absolute Gasteiger partial charge is 0.456 e. The summed E-state index contributed by atoms with van der Waals surface area (Å²) in [6, 6.07) is 8.84. The summed E-state index contributed by atoms with van der Waals surface area (Å²) in [7, 11) is 0. The second kappa shape index (κ2) is 8.09. The molecule has 0 aliphatic carbocycles. The van der Waals surface area contributed by atoms with Crippen molar-refractivity contribution in [1.29, 1.82) is 0 Å². The Balaban J connectivity index is 1.60. The molecule has 10 heteroatoms. The Bertz CT molecular complexity index is 979. The highest BCUT2D eigenvalue weighted by Crippen LogP contribution is 2.32. The molecule has 0 saturated carbocycles. The van der Waals surface area contributed by atoms with Gasteiger partial charge < -0.3 is 9.73 Å². The average molecular weight is 401 g/mol. The molecule has 1 saturated heterocycles. The van der Waals surface area contributed by atoms with E-state index in [2.05, 4.69) is 5.32 Å². The van der Waals surface area contributed by atoms with Gasteiger partial charge in [0.2, 0.25) is 0 Å². The first-order valence-electron chi connectivity index (χ1n) is 8.19. The van der Waals surface area contributed by atoms with Crippen LogP contribution in [0.2, 0.25) is 0 Å². The van der Waals surface area contributed by atoms with E-state index in [1.165, 1.54) is 36.4 Å². The van der Waals surface area contributed by atoms with Crippen LogP contribution < -0.4 is 5.32 Å². The van der Waals surface area contributed by atoms with Crippen LogP contribution in [0.4, 0.5) is 10.5 Å². The number of hydrogen-bond donors (Lipinski definition) is 1. The summed E-state index contributed by atoms with van der Waals surface area (Å²) in [4.78, 5) is 47.8. The van der Waals surface area contributed by atoms with E-state index >= 15 is 0 Å². The standard InChI is InChI=1S/C18H15N3O6S/c1-11-2-7-14(27-11)16(22)19-8-9-20-17(23)15(28-18(20)24)10-12-3-5-13(6-4-12)21(25)26/h2-7,10H,8-9H2,1H3,(H,19,22)/b15-10-. The topological polar surface area (TPSA) is 123 Å². The number of nitro groups is 1. The van der Waals surface area contributed by atoms with Crippen molar-refractivity contribution < 1.29 is 23.7 Å². The molecule has 0 radical (unpaired) electrons. The number of non-ortho nitro benzene ring substituents is 1.